The van der Waals surface area contributed by atoms with Gasteiger partial charge in [0.2, 0.25) is 0 Å². The molecule has 2 aliphatic rings. The molecule has 2 N–H and O–H groups in total. The zero-order chi connectivity index (χ0) is 12.5. The SMILES string of the molecule is NC1CCCC1CCN1CCC(C(F)(F)F)C1. The highest BCUT2D eigenvalue weighted by atomic mass is 19.4. The molecule has 1 saturated heterocycles. The molecular formula is C12H21F3N2. The Bertz CT molecular complexity index is 255. The molecule has 5 heteroatoms. The average molecular weight is 250 g/mol. The summed E-state index contributed by atoms with van der Waals surface area (Å²) >= 11 is 0. The van der Waals surface area contributed by atoms with Crippen LogP contribution in [0.25, 0.3) is 0 Å². The Morgan fingerprint density at radius 2 is 1.94 bits per heavy atom. The quantitative estimate of drug-likeness (QED) is 0.833. The van der Waals surface area contributed by atoms with Crippen molar-refractivity contribution in [2.75, 3.05) is 19.6 Å². The molecule has 1 heterocycles. The number of likely N-dealkylation sites (tertiary alicyclic amines) is 1. The zero-order valence-electron chi connectivity index (χ0n) is 10.0. The van der Waals surface area contributed by atoms with Crippen LogP contribution in [0.4, 0.5) is 13.2 Å². The van der Waals surface area contributed by atoms with Crippen molar-refractivity contribution >= 4 is 0 Å². The van der Waals surface area contributed by atoms with Crippen LogP contribution in [0.2, 0.25) is 0 Å². The molecule has 3 unspecified atom stereocenters. The molecule has 1 aliphatic carbocycles. The van der Waals surface area contributed by atoms with Crippen molar-refractivity contribution in [1.29, 1.82) is 0 Å². The molecule has 0 amide bonds. The van der Waals surface area contributed by atoms with Gasteiger partial charge in [-0.1, -0.05) is 6.42 Å². The third-order valence-corrected chi connectivity index (χ3v) is 4.27. The van der Waals surface area contributed by atoms with Gasteiger partial charge in [-0.3, -0.25) is 0 Å². The van der Waals surface area contributed by atoms with Crippen LogP contribution in [0.1, 0.15) is 32.1 Å². The molecule has 1 saturated carbocycles. The predicted octanol–water partition coefficient (Wildman–Crippen LogP) is 2.39. The summed E-state index contributed by atoms with van der Waals surface area (Å²) < 4.78 is 37.5. The number of rotatable bonds is 3. The number of nitrogens with two attached hydrogens (primary N) is 1. The van der Waals surface area contributed by atoms with E-state index in [9.17, 15) is 13.2 Å². The van der Waals surface area contributed by atoms with Gasteiger partial charge in [0.25, 0.3) is 0 Å². The third-order valence-electron chi connectivity index (χ3n) is 4.27. The fourth-order valence-electron chi connectivity index (χ4n) is 3.08. The van der Waals surface area contributed by atoms with Crippen molar-refractivity contribution in [3.05, 3.63) is 0 Å². The van der Waals surface area contributed by atoms with Crippen molar-refractivity contribution in [3.8, 4) is 0 Å². The van der Waals surface area contributed by atoms with E-state index in [0.29, 0.717) is 12.5 Å². The molecule has 0 aromatic heterocycles. The lowest BCUT2D eigenvalue weighted by molar-refractivity contribution is -0.170. The van der Waals surface area contributed by atoms with Gasteiger partial charge < -0.3 is 10.6 Å². The minimum Gasteiger partial charge on any atom is -0.327 e. The Hall–Kier alpha value is -0.290. The van der Waals surface area contributed by atoms with Crippen molar-refractivity contribution in [2.45, 2.75) is 44.3 Å². The molecule has 2 nitrogen and oxygen atoms in total. The summed E-state index contributed by atoms with van der Waals surface area (Å²) in [6.45, 7) is 1.56. The normalized spacial score (nSPS) is 35.6. The minimum absolute atomic E-state index is 0.186. The van der Waals surface area contributed by atoms with Crippen LogP contribution in [-0.2, 0) is 0 Å². The van der Waals surface area contributed by atoms with Gasteiger partial charge in [-0.25, -0.2) is 0 Å². The van der Waals surface area contributed by atoms with Crippen molar-refractivity contribution < 1.29 is 13.2 Å². The first-order chi connectivity index (χ1) is 7.97. The molecule has 2 fully saturated rings. The molecule has 100 valence electrons. The monoisotopic (exact) mass is 250 g/mol. The Morgan fingerprint density at radius 3 is 2.47 bits per heavy atom. The van der Waals surface area contributed by atoms with E-state index in [2.05, 4.69) is 0 Å². The minimum atomic E-state index is -4.02. The van der Waals surface area contributed by atoms with Crippen LogP contribution in [-0.4, -0.2) is 36.8 Å². The third kappa shape index (κ3) is 3.35. The zero-order valence-corrected chi connectivity index (χ0v) is 10.0. The molecule has 17 heavy (non-hydrogen) atoms. The second-order valence-electron chi connectivity index (χ2n) is 5.47. The van der Waals surface area contributed by atoms with E-state index in [1.54, 1.807) is 0 Å². The van der Waals surface area contributed by atoms with Crippen molar-refractivity contribution in [3.63, 3.8) is 0 Å². The molecule has 1 aliphatic heterocycles. The van der Waals surface area contributed by atoms with Gasteiger partial charge in [0, 0.05) is 12.6 Å². The maximum atomic E-state index is 12.5. The molecule has 0 aromatic carbocycles. The van der Waals surface area contributed by atoms with Gasteiger partial charge in [0.1, 0.15) is 0 Å². The second-order valence-corrected chi connectivity index (χ2v) is 5.47. The van der Waals surface area contributed by atoms with Crippen molar-refractivity contribution in [1.82, 2.24) is 4.90 Å². The Labute approximate surface area is 100 Å². The first-order valence-corrected chi connectivity index (χ1v) is 6.51. The van der Waals surface area contributed by atoms with E-state index in [0.717, 1.165) is 25.8 Å². The molecule has 0 radical (unpaired) electrons. The summed E-state index contributed by atoms with van der Waals surface area (Å²) in [6.07, 6.45) is 0.620. The van der Waals surface area contributed by atoms with Gasteiger partial charge >= 0.3 is 6.18 Å². The van der Waals surface area contributed by atoms with Crippen LogP contribution >= 0.6 is 0 Å². The molecule has 0 bridgehead atoms. The summed E-state index contributed by atoms with van der Waals surface area (Å²) in [6, 6.07) is 0.274. The van der Waals surface area contributed by atoms with E-state index in [-0.39, 0.29) is 19.0 Å². The van der Waals surface area contributed by atoms with Gasteiger partial charge in [-0.05, 0) is 44.7 Å². The highest BCUT2D eigenvalue weighted by molar-refractivity contribution is 4.84. The van der Waals surface area contributed by atoms with Crippen LogP contribution in [0.5, 0.6) is 0 Å². The molecule has 2 rings (SSSR count). The second kappa shape index (κ2) is 5.14. The first kappa shape index (κ1) is 13.1. The lowest BCUT2D eigenvalue weighted by atomic mass is 10.00. The molecule has 0 spiro atoms. The Morgan fingerprint density at radius 1 is 1.18 bits per heavy atom. The van der Waals surface area contributed by atoms with E-state index in [1.807, 2.05) is 4.90 Å². The van der Waals surface area contributed by atoms with Gasteiger partial charge in [-0.2, -0.15) is 13.2 Å². The molecule has 3 atom stereocenters. The van der Waals surface area contributed by atoms with Crippen LogP contribution in [0.3, 0.4) is 0 Å². The fourth-order valence-corrected chi connectivity index (χ4v) is 3.08. The maximum absolute atomic E-state index is 12.5. The average Bonchev–Trinajstić information content (AvgIpc) is 2.82. The highest BCUT2D eigenvalue weighted by Gasteiger charge is 2.43. The molecule has 0 aromatic rings. The van der Waals surface area contributed by atoms with E-state index in [1.165, 1.54) is 6.42 Å². The lowest BCUT2D eigenvalue weighted by Crippen LogP contribution is -2.31. The highest BCUT2D eigenvalue weighted by Crippen LogP contribution is 2.34. The van der Waals surface area contributed by atoms with Gasteiger partial charge in [0.15, 0.2) is 0 Å². The Balaban J connectivity index is 1.71. The Kier molecular flexibility index (Phi) is 3.98. The van der Waals surface area contributed by atoms with Gasteiger partial charge in [0.05, 0.1) is 5.92 Å². The standard InChI is InChI=1S/C12H21F3N2/c13-12(14,15)10-5-7-17(8-10)6-4-9-2-1-3-11(9)16/h9-11H,1-8,16H2. The summed E-state index contributed by atoms with van der Waals surface area (Å²) in [5.41, 5.74) is 5.96. The predicted molar refractivity (Wildman–Crippen MR) is 60.5 cm³/mol. The topological polar surface area (TPSA) is 29.3 Å². The molecular weight excluding hydrogens is 229 g/mol. The summed E-state index contributed by atoms with van der Waals surface area (Å²) in [4.78, 5) is 1.95. The van der Waals surface area contributed by atoms with Gasteiger partial charge in [-0.15, -0.1) is 0 Å². The van der Waals surface area contributed by atoms with E-state index in [4.69, 9.17) is 5.73 Å². The maximum Gasteiger partial charge on any atom is 0.393 e. The van der Waals surface area contributed by atoms with Crippen LogP contribution < -0.4 is 5.73 Å². The van der Waals surface area contributed by atoms with Crippen molar-refractivity contribution in [2.24, 2.45) is 17.6 Å². The van der Waals surface area contributed by atoms with Crippen LogP contribution in [0, 0.1) is 11.8 Å². The first-order valence-electron chi connectivity index (χ1n) is 6.51. The number of alkyl halides is 3. The fraction of sp³-hybridized carbons (Fsp3) is 1.00. The number of halogens is 3. The number of hydrogen-bond acceptors (Lipinski definition) is 2. The summed E-state index contributed by atoms with van der Waals surface area (Å²) in [5.74, 6) is -0.584. The number of hydrogen-bond donors (Lipinski definition) is 1. The van der Waals surface area contributed by atoms with E-state index < -0.39 is 12.1 Å². The van der Waals surface area contributed by atoms with E-state index >= 15 is 0 Å². The smallest absolute Gasteiger partial charge is 0.327 e. The largest absolute Gasteiger partial charge is 0.393 e. The summed E-state index contributed by atoms with van der Waals surface area (Å²) in [5, 5.41) is 0. The lowest BCUT2D eigenvalue weighted by Gasteiger charge is -2.21. The summed E-state index contributed by atoms with van der Waals surface area (Å²) in [7, 11) is 0. The number of nitrogens with zero attached hydrogens (tertiary/aromatic N) is 1. The van der Waals surface area contributed by atoms with Crippen LogP contribution in [0.15, 0.2) is 0 Å².